The van der Waals surface area contributed by atoms with Crippen molar-refractivity contribution in [3.63, 3.8) is 0 Å². The van der Waals surface area contributed by atoms with Crippen LogP contribution >= 0.6 is 0 Å². The maximum atomic E-state index is 11.9. The number of nitrogens with zero attached hydrogens (tertiary/aromatic N) is 2. The molecule has 116 valence electrons. The van der Waals surface area contributed by atoms with E-state index in [9.17, 15) is 9.59 Å². The Morgan fingerprint density at radius 2 is 2.36 bits per heavy atom. The van der Waals surface area contributed by atoms with Crippen molar-refractivity contribution in [3.05, 3.63) is 35.2 Å². The molecule has 22 heavy (non-hydrogen) atoms. The van der Waals surface area contributed by atoms with E-state index in [-0.39, 0.29) is 6.54 Å². The molecular weight excluding hydrogens is 284 g/mol. The van der Waals surface area contributed by atoms with Crippen molar-refractivity contribution in [2.75, 3.05) is 19.7 Å². The summed E-state index contributed by atoms with van der Waals surface area (Å²) in [4.78, 5) is 29.9. The van der Waals surface area contributed by atoms with E-state index in [0.29, 0.717) is 13.2 Å². The van der Waals surface area contributed by atoms with Gasteiger partial charge in [0.1, 0.15) is 6.54 Å². The maximum Gasteiger partial charge on any atom is 0.325 e. The second kappa shape index (κ2) is 5.76. The maximum absolute atomic E-state index is 11.9. The van der Waals surface area contributed by atoms with E-state index in [1.165, 1.54) is 0 Å². The van der Waals surface area contributed by atoms with Gasteiger partial charge in [-0.3, -0.25) is 14.9 Å². The molecule has 0 spiro atoms. The van der Waals surface area contributed by atoms with Crippen molar-refractivity contribution in [2.24, 2.45) is 10.7 Å². The average molecular weight is 302 g/mol. The Labute approximate surface area is 128 Å². The molecule has 0 aromatic carbocycles. The third-order valence-electron chi connectivity index (χ3n) is 3.77. The molecule has 3 aliphatic rings. The average Bonchev–Trinajstić information content (AvgIpc) is 2.86. The number of rotatable bonds is 4. The molecule has 0 saturated carbocycles. The van der Waals surface area contributed by atoms with Gasteiger partial charge >= 0.3 is 5.97 Å². The molecule has 1 fully saturated rings. The van der Waals surface area contributed by atoms with Gasteiger partial charge in [-0.1, -0.05) is 12.2 Å². The van der Waals surface area contributed by atoms with Gasteiger partial charge in [0.25, 0.3) is 5.91 Å². The Bertz CT molecular complexity index is 645. The van der Waals surface area contributed by atoms with Gasteiger partial charge in [-0.25, -0.2) is 4.99 Å². The predicted octanol–water partition coefficient (Wildman–Crippen LogP) is -0.181. The third-order valence-corrected chi connectivity index (χ3v) is 3.77. The zero-order valence-electron chi connectivity index (χ0n) is 12.3. The first kappa shape index (κ1) is 14.5. The van der Waals surface area contributed by atoms with E-state index in [1.54, 1.807) is 11.8 Å². The highest BCUT2D eigenvalue weighted by atomic mass is 16.5. The van der Waals surface area contributed by atoms with Gasteiger partial charge in [0.15, 0.2) is 6.17 Å². The van der Waals surface area contributed by atoms with Gasteiger partial charge in [0.2, 0.25) is 0 Å². The number of allylic oxidation sites excluding steroid dienone is 4. The highest BCUT2D eigenvalue weighted by molar-refractivity contribution is 6.08. The quantitative estimate of drug-likeness (QED) is 0.702. The molecule has 1 unspecified atom stereocenters. The van der Waals surface area contributed by atoms with Crippen molar-refractivity contribution in [1.29, 1.82) is 0 Å². The van der Waals surface area contributed by atoms with Gasteiger partial charge < -0.3 is 15.4 Å². The van der Waals surface area contributed by atoms with E-state index in [2.05, 4.69) is 10.3 Å². The molecular formula is C15H18N4O3. The van der Waals surface area contributed by atoms with Crippen molar-refractivity contribution in [1.82, 2.24) is 10.2 Å². The van der Waals surface area contributed by atoms with Crippen LogP contribution in [0.15, 0.2) is 40.2 Å². The van der Waals surface area contributed by atoms with Crippen LogP contribution in [-0.4, -0.2) is 48.4 Å². The van der Waals surface area contributed by atoms with E-state index in [4.69, 9.17) is 10.5 Å². The molecule has 2 heterocycles. The number of amides is 1. The molecule has 7 heteroatoms. The fourth-order valence-corrected chi connectivity index (χ4v) is 2.91. The molecule has 3 rings (SSSR count). The number of hydrogen-bond donors (Lipinski definition) is 2. The number of nitrogens with one attached hydrogen (secondary N) is 1. The zero-order chi connectivity index (χ0) is 15.7. The van der Waals surface area contributed by atoms with Crippen molar-refractivity contribution < 1.29 is 14.3 Å². The molecule has 0 aromatic rings. The van der Waals surface area contributed by atoms with Crippen molar-refractivity contribution in [2.45, 2.75) is 19.5 Å². The Kier molecular flexibility index (Phi) is 3.81. The summed E-state index contributed by atoms with van der Waals surface area (Å²) in [6.07, 6.45) is 5.89. The van der Waals surface area contributed by atoms with Gasteiger partial charge in [0.05, 0.1) is 23.7 Å². The minimum absolute atomic E-state index is 0.0384. The van der Waals surface area contributed by atoms with Gasteiger partial charge in [0, 0.05) is 12.1 Å². The summed E-state index contributed by atoms with van der Waals surface area (Å²) in [6.45, 7) is 2.45. The van der Waals surface area contributed by atoms with Crippen molar-refractivity contribution >= 4 is 17.6 Å². The SMILES string of the molecule is CCOC(=O)CN1C2=C3CC=CC=C3N=C2CNC1C(N)=O. The zero-order valence-corrected chi connectivity index (χ0v) is 12.3. The lowest BCUT2D eigenvalue weighted by molar-refractivity contribution is -0.145. The van der Waals surface area contributed by atoms with Gasteiger partial charge in [-0.2, -0.15) is 0 Å². The van der Waals surface area contributed by atoms with Crippen LogP contribution in [-0.2, 0) is 14.3 Å². The molecule has 1 aliphatic carbocycles. The van der Waals surface area contributed by atoms with Crippen LogP contribution in [0.3, 0.4) is 0 Å². The summed E-state index contributed by atoms with van der Waals surface area (Å²) < 4.78 is 5.01. The Balaban J connectivity index is 1.97. The van der Waals surface area contributed by atoms with E-state index >= 15 is 0 Å². The number of carbonyl (C=O) groups is 2. The first-order chi connectivity index (χ1) is 10.6. The second-order valence-electron chi connectivity index (χ2n) is 5.19. The van der Waals surface area contributed by atoms with E-state index in [1.807, 2.05) is 18.2 Å². The monoisotopic (exact) mass is 302 g/mol. The van der Waals surface area contributed by atoms with Crippen LogP contribution in [0.2, 0.25) is 0 Å². The lowest BCUT2D eigenvalue weighted by Gasteiger charge is -2.37. The number of ether oxygens (including phenoxy) is 1. The number of nitrogens with two attached hydrogens (primary N) is 1. The summed E-state index contributed by atoms with van der Waals surface area (Å²) in [5.41, 5.74) is 9.03. The standard InChI is InChI=1S/C15H18N4O3/c1-2-22-12(20)8-19-13-9-5-3-4-6-10(9)18-11(13)7-17-15(19)14(16)21/h3-4,6,15,17H,2,5,7-8H2,1H3,(H2,16,21). The first-order valence-electron chi connectivity index (χ1n) is 7.25. The summed E-state index contributed by atoms with van der Waals surface area (Å²) in [7, 11) is 0. The fraction of sp³-hybridized carbons (Fsp3) is 0.400. The first-order valence-corrected chi connectivity index (χ1v) is 7.25. The molecule has 1 atom stereocenters. The molecule has 0 radical (unpaired) electrons. The number of hydrogen-bond acceptors (Lipinski definition) is 6. The summed E-state index contributed by atoms with van der Waals surface area (Å²) >= 11 is 0. The van der Waals surface area contributed by atoms with Crippen LogP contribution in [0.1, 0.15) is 13.3 Å². The topological polar surface area (TPSA) is 97.0 Å². The minimum Gasteiger partial charge on any atom is -0.465 e. The lowest BCUT2D eigenvalue weighted by Crippen LogP contribution is -2.60. The van der Waals surface area contributed by atoms with Crippen LogP contribution in [0.25, 0.3) is 0 Å². The van der Waals surface area contributed by atoms with Crippen LogP contribution in [0.4, 0.5) is 0 Å². The molecule has 3 N–H and O–H groups in total. The van der Waals surface area contributed by atoms with Gasteiger partial charge in [-0.15, -0.1) is 0 Å². The second-order valence-corrected chi connectivity index (χ2v) is 5.19. The highest BCUT2D eigenvalue weighted by Gasteiger charge is 2.39. The molecule has 1 saturated heterocycles. The number of primary amides is 1. The van der Waals surface area contributed by atoms with Gasteiger partial charge in [-0.05, 0) is 19.4 Å². The fourth-order valence-electron chi connectivity index (χ4n) is 2.91. The third kappa shape index (κ3) is 2.43. The highest BCUT2D eigenvalue weighted by Crippen LogP contribution is 2.34. The number of carbonyl (C=O) groups excluding carboxylic acids is 2. The largest absolute Gasteiger partial charge is 0.465 e. The van der Waals surface area contributed by atoms with Crippen LogP contribution in [0, 0.1) is 0 Å². The molecule has 2 aliphatic heterocycles. The minimum atomic E-state index is -0.740. The Hall–Kier alpha value is -2.41. The van der Waals surface area contributed by atoms with E-state index in [0.717, 1.165) is 29.1 Å². The van der Waals surface area contributed by atoms with Crippen LogP contribution in [0.5, 0.6) is 0 Å². The number of fused-ring (bicyclic) bond motifs is 2. The number of esters is 1. The number of aliphatic imine (C=N–C) groups is 1. The summed E-state index contributed by atoms with van der Waals surface area (Å²) in [6, 6.07) is 0. The van der Waals surface area contributed by atoms with Crippen LogP contribution < -0.4 is 11.1 Å². The van der Waals surface area contributed by atoms with E-state index < -0.39 is 18.0 Å². The van der Waals surface area contributed by atoms with Crippen molar-refractivity contribution in [3.8, 4) is 0 Å². The lowest BCUT2D eigenvalue weighted by atomic mass is 10.00. The Morgan fingerprint density at radius 1 is 1.55 bits per heavy atom. The Morgan fingerprint density at radius 3 is 3.09 bits per heavy atom. The predicted molar refractivity (Wildman–Crippen MR) is 80.6 cm³/mol. The smallest absolute Gasteiger partial charge is 0.325 e. The molecule has 7 nitrogen and oxygen atoms in total. The molecule has 0 bridgehead atoms. The summed E-state index contributed by atoms with van der Waals surface area (Å²) in [5.74, 6) is -0.922. The molecule has 0 aromatic heterocycles. The normalized spacial score (nSPS) is 22.8. The summed E-state index contributed by atoms with van der Waals surface area (Å²) in [5, 5.41) is 3.03. The molecule has 1 amide bonds.